The van der Waals surface area contributed by atoms with E-state index in [1.807, 2.05) is 32.0 Å². The van der Waals surface area contributed by atoms with E-state index in [2.05, 4.69) is 39.4 Å². The Balaban J connectivity index is 1.43. The highest BCUT2D eigenvalue weighted by Crippen LogP contribution is 2.28. The maximum Gasteiger partial charge on any atom is 0.244 e. The molecular weight excluding hydrogens is 417 g/mol. The van der Waals surface area contributed by atoms with Crippen molar-refractivity contribution < 1.29 is 9.18 Å². The SMILES string of the molecule is Cc1[nH]c2c(F)ccc(C)c2c1CCNC(=O)C=Cc1ccc2ncnc(NC(C)C)c2c1. The van der Waals surface area contributed by atoms with Gasteiger partial charge in [0.1, 0.15) is 18.0 Å². The van der Waals surface area contributed by atoms with E-state index in [-0.39, 0.29) is 17.8 Å². The first kappa shape index (κ1) is 22.5. The second kappa shape index (κ2) is 9.40. The van der Waals surface area contributed by atoms with Crippen molar-refractivity contribution in [2.45, 2.75) is 40.2 Å². The lowest BCUT2D eigenvalue weighted by molar-refractivity contribution is -0.116. The molecule has 0 atom stereocenters. The maximum atomic E-state index is 14.1. The number of aromatic amines is 1. The van der Waals surface area contributed by atoms with E-state index in [1.165, 1.54) is 12.1 Å². The molecule has 1 amide bonds. The summed E-state index contributed by atoms with van der Waals surface area (Å²) in [4.78, 5) is 24.2. The number of aryl methyl sites for hydroxylation is 2. The molecule has 2 heterocycles. The van der Waals surface area contributed by atoms with E-state index >= 15 is 0 Å². The van der Waals surface area contributed by atoms with Crippen LogP contribution in [0.25, 0.3) is 27.9 Å². The smallest absolute Gasteiger partial charge is 0.244 e. The summed E-state index contributed by atoms with van der Waals surface area (Å²) < 4.78 is 14.1. The second-order valence-electron chi connectivity index (χ2n) is 8.52. The lowest BCUT2D eigenvalue weighted by Gasteiger charge is -2.11. The molecular formula is C26H28FN5O. The molecule has 3 N–H and O–H groups in total. The minimum atomic E-state index is -0.260. The monoisotopic (exact) mass is 445 g/mol. The largest absolute Gasteiger partial charge is 0.367 e. The van der Waals surface area contributed by atoms with E-state index < -0.39 is 0 Å². The summed E-state index contributed by atoms with van der Waals surface area (Å²) in [5.41, 5.74) is 5.23. The Morgan fingerprint density at radius 2 is 2.00 bits per heavy atom. The van der Waals surface area contributed by atoms with Crippen LogP contribution in [-0.2, 0) is 11.2 Å². The molecule has 170 valence electrons. The van der Waals surface area contributed by atoms with Crippen LogP contribution in [0.2, 0.25) is 0 Å². The number of hydrogen-bond acceptors (Lipinski definition) is 4. The van der Waals surface area contributed by atoms with Crippen molar-refractivity contribution >= 4 is 39.6 Å². The molecule has 7 heteroatoms. The van der Waals surface area contributed by atoms with Crippen LogP contribution in [0.3, 0.4) is 0 Å². The van der Waals surface area contributed by atoms with Gasteiger partial charge >= 0.3 is 0 Å². The van der Waals surface area contributed by atoms with Crippen LogP contribution < -0.4 is 10.6 Å². The normalized spacial score (nSPS) is 11.7. The lowest BCUT2D eigenvalue weighted by Crippen LogP contribution is -2.23. The van der Waals surface area contributed by atoms with Crippen molar-refractivity contribution in [2.75, 3.05) is 11.9 Å². The zero-order chi connectivity index (χ0) is 23.5. The number of halogens is 1. The van der Waals surface area contributed by atoms with Gasteiger partial charge in [0.25, 0.3) is 0 Å². The molecule has 0 bridgehead atoms. The molecule has 4 rings (SSSR count). The fraction of sp³-hybridized carbons (Fsp3) is 0.269. The van der Waals surface area contributed by atoms with Crippen LogP contribution in [0.15, 0.2) is 42.7 Å². The summed E-state index contributed by atoms with van der Waals surface area (Å²) in [5.74, 6) is 0.334. The average molecular weight is 446 g/mol. The van der Waals surface area contributed by atoms with Crippen LogP contribution in [0, 0.1) is 19.7 Å². The average Bonchev–Trinajstić information content (AvgIpc) is 3.12. The molecule has 2 aromatic carbocycles. The minimum absolute atomic E-state index is 0.180. The standard InChI is InChI=1S/C26H28FN5O/c1-15(2)31-26-20-13-18(6-9-22(20)29-14-30-26)7-10-23(33)28-12-11-19-17(4)32-25-21(27)8-5-16(3)24(19)25/h5-10,13-15,32H,11-12H2,1-4H3,(H,28,33)(H,29,30,31). The number of amides is 1. The molecule has 0 fully saturated rings. The highest BCUT2D eigenvalue weighted by Gasteiger charge is 2.14. The molecule has 4 aromatic rings. The van der Waals surface area contributed by atoms with Crippen molar-refractivity contribution in [3.8, 4) is 0 Å². The zero-order valence-corrected chi connectivity index (χ0v) is 19.3. The van der Waals surface area contributed by atoms with Gasteiger partial charge in [0.15, 0.2) is 0 Å². The van der Waals surface area contributed by atoms with Gasteiger partial charge in [-0.25, -0.2) is 14.4 Å². The topological polar surface area (TPSA) is 82.7 Å². The quantitative estimate of drug-likeness (QED) is 0.347. The van der Waals surface area contributed by atoms with E-state index in [9.17, 15) is 9.18 Å². The number of rotatable bonds is 7. The number of nitrogens with one attached hydrogen (secondary N) is 3. The zero-order valence-electron chi connectivity index (χ0n) is 19.3. The first-order valence-corrected chi connectivity index (χ1v) is 11.1. The van der Waals surface area contributed by atoms with Gasteiger partial charge in [0, 0.05) is 35.1 Å². The fourth-order valence-electron chi connectivity index (χ4n) is 4.06. The summed E-state index contributed by atoms with van der Waals surface area (Å²) >= 11 is 0. The van der Waals surface area contributed by atoms with Crippen LogP contribution >= 0.6 is 0 Å². The Hall–Kier alpha value is -3.74. The first-order valence-electron chi connectivity index (χ1n) is 11.1. The molecule has 0 spiro atoms. The summed E-state index contributed by atoms with van der Waals surface area (Å²) in [7, 11) is 0. The molecule has 0 aliphatic rings. The van der Waals surface area contributed by atoms with Crippen LogP contribution in [0.5, 0.6) is 0 Å². The Morgan fingerprint density at radius 1 is 1.18 bits per heavy atom. The Morgan fingerprint density at radius 3 is 2.79 bits per heavy atom. The summed E-state index contributed by atoms with van der Waals surface area (Å²) in [5, 5.41) is 8.06. The second-order valence-corrected chi connectivity index (χ2v) is 8.52. The molecule has 0 saturated heterocycles. The van der Waals surface area contributed by atoms with Crippen molar-refractivity contribution in [1.29, 1.82) is 0 Å². The van der Waals surface area contributed by atoms with Crippen molar-refractivity contribution in [1.82, 2.24) is 20.3 Å². The van der Waals surface area contributed by atoms with Gasteiger partial charge in [-0.3, -0.25) is 4.79 Å². The van der Waals surface area contributed by atoms with E-state index in [4.69, 9.17) is 0 Å². The Labute approximate surface area is 192 Å². The van der Waals surface area contributed by atoms with Gasteiger partial charge in [-0.1, -0.05) is 12.1 Å². The Kier molecular flexibility index (Phi) is 6.40. The number of nitrogens with zero attached hydrogens (tertiary/aromatic N) is 2. The fourth-order valence-corrected chi connectivity index (χ4v) is 4.06. The third-order valence-electron chi connectivity index (χ3n) is 5.62. The van der Waals surface area contributed by atoms with Crippen LogP contribution in [0.4, 0.5) is 10.2 Å². The van der Waals surface area contributed by atoms with Gasteiger partial charge < -0.3 is 15.6 Å². The predicted molar refractivity (Wildman–Crippen MR) is 132 cm³/mol. The molecule has 0 saturated carbocycles. The van der Waals surface area contributed by atoms with Gasteiger partial charge in [0.05, 0.1) is 11.0 Å². The highest BCUT2D eigenvalue weighted by molar-refractivity contribution is 5.94. The summed E-state index contributed by atoms with van der Waals surface area (Å²) in [6.07, 6.45) is 5.46. The number of aromatic nitrogens is 3. The van der Waals surface area contributed by atoms with Crippen molar-refractivity contribution in [2.24, 2.45) is 0 Å². The number of hydrogen-bond donors (Lipinski definition) is 3. The minimum Gasteiger partial charge on any atom is -0.367 e. The predicted octanol–water partition coefficient (Wildman–Crippen LogP) is 5.06. The van der Waals surface area contributed by atoms with Crippen molar-refractivity contribution in [3.63, 3.8) is 0 Å². The molecule has 0 radical (unpaired) electrons. The number of fused-ring (bicyclic) bond motifs is 2. The lowest BCUT2D eigenvalue weighted by atomic mass is 10.0. The number of benzene rings is 2. The number of H-pyrrole nitrogens is 1. The number of anilines is 1. The van der Waals surface area contributed by atoms with Gasteiger partial charge in [-0.15, -0.1) is 0 Å². The summed E-state index contributed by atoms with van der Waals surface area (Å²) in [6, 6.07) is 9.31. The van der Waals surface area contributed by atoms with E-state index in [0.29, 0.717) is 18.5 Å². The van der Waals surface area contributed by atoms with E-state index in [0.717, 1.165) is 44.5 Å². The number of carbonyl (C=O) groups is 1. The third-order valence-corrected chi connectivity index (χ3v) is 5.62. The summed E-state index contributed by atoms with van der Waals surface area (Å²) in [6.45, 7) is 8.47. The molecule has 0 aliphatic carbocycles. The molecule has 2 aromatic heterocycles. The van der Waals surface area contributed by atoms with Crippen molar-refractivity contribution in [3.05, 3.63) is 70.9 Å². The molecule has 0 aliphatic heterocycles. The van der Waals surface area contributed by atoms with Gasteiger partial charge in [-0.05, 0) is 75.1 Å². The highest BCUT2D eigenvalue weighted by atomic mass is 19.1. The first-order chi connectivity index (χ1) is 15.8. The third kappa shape index (κ3) is 4.87. The maximum absolute atomic E-state index is 14.1. The van der Waals surface area contributed by atoms with Crippen LogP contribution in [0.1, 0.15) is 36.2 Å². The Bertz CT molecular complexity index is 1360. The van der Waals surface area contributed by atoms with Crippen LogP contribution in [-0.4, -0.2) is 33.4 Å². The molecule has 0 unspecified atom stereocenters. The van der Waals surface area contributed by atoms with Gasteiger partial charge in [0.2, 0.25) is 5.91 Å². The van der Waals surface area contributed by atoms with Gasteiger partial charge in [-0.2, -0.15) is 0 Å². The molecule has 33 heavy (non-hydrogen) atoms. The van der Waals surface area contributed by atoms with E-state index in [1.54, 1.807) is 18.5 Å². The molecule has 6 nitrogen and oxygen atoms in total. The number of carbonyl (C=O) groups excluding carboxylic acids is 1.